The minimum atomic E-state index is -0.631. The summed E-state index contributed by atoms with van der Waals surface area (Å²) < 4.78 is 76.8. The molecule has 0 spiro atoms. The zero-order valence-electron chi connectivity index (χ0n) is 77.5. The zero-order valence-corrected chi connectivity index (χ0v) is 84.8. The number of aromatic amines is 3. The van der Waals surface area contributed by atoms with Crippen molar-refractivity contribution in [1.29, 1.82) is 0 Å². The molecule has 7 amide bonds. The van der Waals surface area contributed by atoms with Crippen LogP contribution < -0.4 is 36.0 Å². The first-order chi connectivity index (χ1) is 63.8. The number of ether oxygens (including phenoxy) is 6. The van der Waals surface area contributed by atoms with Crippen molar-refractivity contribution in [3.05, 3.63) is 190 Å². The molecule has 7 N–H and O–H groups in total. The monoisotopic (exact) mass is 2100 g/mol. The number of hydrogen-bond donors (Lipinski definition) is 7. The molecule has 13 rings (SSSR count). The van der Waals surface area contributed by atoms with Gasteiger partial charge in [-0.25, -0.2) is 47.3 Å². The van der Waals surface area contributed by atoms with E-state index in [1.807, 2.05) is 129 Å². The quantitative estimate of drug-likeness (QED) is 0.00514. The van der Waals surface area contributed by atoms with Crippen LogP contribution >= 0.6 is 99.8 Å². The minimum Gasteiger partial charge on any atom is -0.460 e. The van der Waals surface area contributed by atoms with E-state index >= 15 is 4.39 Å². The predicted molar refractivity (Wildman–Crippen MR) is 545 cm³/mol. The summed E-state index contributed by atoms with van der Waals surface area (Å²) in [6.07, 6.45) is 8.70. The molecule has 0 radical (unpaired) electrons. The summed E-state index contributed by atoms with van der Waals surface area (Å²) >= 11 is 18.3. The molecule has 8 aromatic rings. The van der Waals surface area contributed by atoms with Crippen LogP contribution in [0.15, 0.2) is 171 Å². The van der Waals surface area contributed by atoms with E-state index in [-0.39, 0.29) is 107 Å². The Morgan fingerprint density at radius 3 is 1.39 bits per heavy atom. The van der Waals surface area contributed by atoms with Crippen molar-refractivity contribution >= 4 is 189 Å². The molecule has 0 aliphatic carbocycles. The van der Waals surface area contributed by atoms with Gasteiger partial charge >= 0.3 is 36.3 Å². The van der Waals surface area contributed by atoms with Gasteiger partial charge in [-0.3, -0.25) is 64.0 Å². The van der Waals surface area contributed by atoms with Crippen molar-refractivity contribution in [3.8, 4) is 33.4 Å². The van der Waals surface area contributed by atoms with Crippen molar-refractivity contribution in [3.63, 3.8) is 0 Å². The molecule has 7 heterocycles. The van der Waals surface area contributed by atoms with Gasteiger partial charge in [-0.1, -0.05) is 120 Å². The van der Waals surface area contributed by atoms with Crippen molar-refractivity contribution in [2.75, 3.05) is 96.2 Å². The normalized spacial score (nSPS) is 14.9. The first-order valence-electron chi connectivity index (χ1n) is 43.0. The van der Waals surface area contributed by atoms with Gasteiger partial charge in [0.25, 0.3) is 0 Å². The lowest BCUT2D eigenvalue weighted by Gasteiger charge is -2.27. The third kappa shape index (κ3) is 42.6. The number of aliphatic imine (C=N–C) groups is 3. The maximum absolute atomic E-state index is 15.2. The highest BCUT2D eigenvalue weighted by molar-refractivity contribution is 9.09. The molecule has 744 valence electrons. The number of rotatable bonds is 32. The number of thioether (sulfide) groups is 3. The van der Waals surface area contributed by atoms with Crippen LogP contribution in [0.5, 0.6) is 0 Å². The molecule has 0 unspecified atom stereocenters. The maximum atomic E-state index is 15.2. The SMILES string of the molecule is C.CC(=O)NC[C@H]1CN(c2ccc(-c3ccc(CCl)cc3)c(F)c2)C(=O)O1.CC(=O)NC[C@H]1CN(c2ccc(-c3ccc(CN(CCSC4=NCC=N4)C(=O)OC(C)(C)C)cc3)c(F)c2)C(=O)O1.CC(=O)NC[C@H]1CN(c2ccc(-c3ccc(CNCCSC4=CCC=N4)cc3)c(F)c2)C(=O)O1.CC(C)(C)OC(=O)CCCBr.CC(C)(C)OC(=O)CCCSc1ncn[nH]1.Cl.Cl.S=c1nc[nH][nH]1. The number of benzene rings is 6. The predicted octanol–water partition coefficient (Wildman–Crippen LogP) is 19.1. The van der Waals surface area contributed by atoms with Gasteiger partial charge in [-0.05, 0) is 181 Å². The third-order valence-corrected chi connectivity index (χ3v) is 22.5. The Kier molecular flexibility index (Phi) is 50.0. The smallest absolute Gasteiger partial charge is 0.414 e. The van der Waals surface area contributed by atoms with E-state index in [2.05, 4.69) is 101 Å². The molecule has 0 saturated carbocycles. The van der Waals surface area contributed by atoms with E-state index < -0.39 is 71.3 Å². The number of nitrogens with zero attached hydrogens (tertiary/aromatic N) is 10. The van der Waals surface area contributed by atoms with Crippen LogP contribution in [0.2, 0.25) is 0 Å². The molecular formula is C94H120BrCl3F3N17O15S4. The fourth-order valence-electron chi connectivity index (χ4n) is 12.5. The van der Waals surface area contributed by atoms with Gasteiger partial charge < -0.3 is 54.6 Å². The highest BCUT2D eigenvalue weighted by Gasteiger charge is 2.36. The van der Waals surface area contributed by atoms with Crippen LogP contribution in [-0.2, 0) is 71.4 Å². The van der Waals surface area contributed by atoms with E-state index in [1.165, 1.54) is 78.1 Å². The Morgan fingerprint density at radius 2 is 1.03 bits per heavy atom. The van der Waals surface area contributed by atoms with Gasteiger partial charge in [0, 0.05) is 124 Å². The van der Waals surface area contributed by atoms with Gasteiger partial charge in [0.2, 0.25) is 22.5 Å². The maximum Gasteiger partial charge on any atom is 0.414 e. The van der Waals surface area contributed by atoms with Crippen LogP contribution in [0, 0.1) is 22.2 Å². The van der Waals surface area contributed by atoms with Gasteiger partial charge in [-0.15, -0.1) is 48.2 Å². The number of nitrogens with one attached hydrogen (secondary N) is 7. The number of esters is 2. The average Bonchev–Trinajstić information content (AvgIpc) is 1.76. The highest BCUT2D eigenvalue weighted by Crippen LogP contribution is 2.35. The number of allylic oxidation sites excluding steroid dienone is 1. The van der Waals surface area contributed by atoms with E-state index in [9.17, 15) is 51.9 Å². The van der Waals surface area contributed by atoms with Gasteiger partial charge in [0.1, 0.15) is 65.2 Å². The second-order valence-corrected chi connectivity index (χ2v) is 37.9. The summed E-state index contributed by atoms with van der Waals surface area (Å²) in [5.74, 6) is 0.589. The highest BCUT2D eigenvalue weighted by atomic mass is 79.9. The Morgan fingerprint density at radius 1 is 0.577 bits per heavy atom. The Bertz CT molecular complexity index is 5410. The van der Waals surface area contributed by atoms with Crippen LogP contribution in [0.25, 0.3) is 33.4 Å². The second kappa shape index (κ2) is 58.8. The lowest BCUT2D eigenvalue weighted by Crippen LogP contribution is -2.37. The number of cyclic esters (lactones) is 3. The van der Waals surface area contributed by atoms with Crippen LogP contribution in [0.3, 0.4) is 0 Å². The Balaban J connectivity index is 0.000000312. The number of alkyl halides is 2. The Labute approximate surface area is 840 Å². The summed E-state index contributed by atoms with van der Waals surface area (Å²) in [7, 11) is 0. The number of carbonyl (C=O) groups excluding carboxylic acids is 9. The van der Waals surface area contributed by atoms with E-state index in [4.69, 9.17) is 40.0 Å². The first kappa shape index (κ1) is 117. The van der Waals surface area contributed by atoms with Gasteiger partial charge in [-0.2, -0.15) is 5.10 Å². The van der Waals surface area contributed by atoms with E-state index in [1.54, 1.807) is 83.2 Å². The lowest BCUT2D eigenvalue weighted by atomic mass is 10.0. The summed E-state index contributed by atoms with van der Waals surface area (Å²) in [5.41, 5.74) is 6.22. The van der Waals surface area contributed by atoms with E-state index in [0.717, 1.165) is 87.2 Å². The van der Waals surface area contributed by atoms with Crippen molar-refractivity contribution in [1.82, 2.24) is 56.5 Å². The minimum absolute atomic E-state index is 0. The molecule has 137 heavy (non-hydrogen) atoms. The molecular weight excluding hydrogens is 1980 g/mol. The van der Waals surface area contributed by atoms with Crippen LogP contribution in [-0.4, -0.2) is 223 Å². The lowest BCUT2D eigenvalue weighted by molar-refractivity contribution is -0.155. The number of amides is 7. The number of H-pyrrole nitrogens is 3. The molecule has 0 bridgehead atoms. The molecule has 32 nitrogen and oxygen atoms in total. The van der Waals surface area contributed by atoms with Crippen molar-refractivity contribution in [2.24, 2.45) is 15.0 Å². The van der Waals surface area contributed by atoms with Gasteiger partial charge in [0.15, 0.2) is 10.3 Å². The van der Waals surface area contributed by atoms with Crippen LogP contribution in [0.1, 0.15) is 139 Å². The second-order valence-electron chi connectivity index (χ2n) is 33.2. The van der Waals surface area contributed by atoms with E-state index in [0.29, 0.717) is 93.4 Å². The number of aromatic nitrogens is 6. The molecule has 5 aliphatic heterocycles. The largest absolute Gasteiger partial charge is 0.460 e. The molecule has 3 fully saturated rings. The first-order valence-corrected chi connectivity index (χ1v) is 48.0. The summed E-state index contributed by atoms with van der Waals surface area (Å²) in [4.78, 5) is 131. The summed E-state index contributed by atoms with van der Waals surface area (Å²) in [6.45, 7) is 25.2. The number of amidine groups is 1. The van der Waals surface area contributed by atoms with Gasteiger partial charge in [0.05, 0.1) is 67.9 Å². The molecule has 5 aliphatic rings. The molecule has 2 aromatic heterocycles. The average molecular weight is 2100 g/mol. The molecule has 3 saturated heterocycles. The zero-order chi connectivity index (χ0) is 97.5. The third-order valence-electron chi connectivity index (χ3n) is 18.6. The molecule has 6 aromatic carbocycles. The summed E-state index contributed by atoms with van der Waals surface area (Å²) in [6, 6.07) is 36.3. The number of hydrogen-bond acceptors (Lipinski definition) is 26. The van der Waals surface area contributed by atoms with Crippen molar-refractivity contribution in [2.45, 2.75) is 182 Å². The van der Waals surface area contributed by atoms with Crippen LogP contribution in [0.4, 0.5) is 49.4 Å². The Hall–Kier alpha value is -10.9. The standard InChI is InChI=1S/C29H34FN5O5S.C25H27FN4O3S.C19H18ClFN2O3.C10H17N3O2S.C8H15BrO2.C2H3N3S.CH4.2ClH/c1-19(36)33-16-23-18-35(28(38)39-23)22-9-10-24(25(30)15-22)21-7-5-20(6-8-21)17-34(27(37)40-29(2,3)4)13-14-41-26-31-11-12-32-26;1-17(31)29-15-21-16-30(25(32)33-21)20-8-9-22(23(26)13-20)19-6-4-18(5-7-19)14-27-11-12-34-24-3-2-10-28-24;1-12(24)22-10-16-11-23(19(25)26-16)15-6-7-17(18(21)8-15)14-4-2-13(9-20)3-5-14;1-10(2,3)15-8(14)5-4-6-16-9-11-7-12-13-9;1-8(2,3)11-7(10)5-4-6-9;6-2-3-1-4-5-2;;;/h5-11,15,23H,12-14,16-18H2,1-4H3,(H,33,36);3-10,13,21,27H,2,11-12,14-16H2,1H3,(H,29,31);2-8,16H,9-11H2,1H3,(H,22,24);7H,4-6H2,1-3H3,(H,11,12,13);4-6H2,1-3H3;1H,(H2,3,4,5,6);1H4;2*1H/t23-;21-;16-;;;;;;/m000....../s1. The molecule has 3 atom stereocenters. The molecule has 43 heteroatoms. The number of anilines is 3. The number of carbonyl (C=O) groups is 9. The van der Waals surface area contributed by atoms with Crippen molar-refractivity contribution < 1.29 is 84.7 Å². The fourth-order valence-corrected chi connectivity index (χ4v) is 15.4. The fraction of sp³-hybridized carbons (Fsp3) is 0.426. The summed E-state index contributed by atoms with van der Waals surface area (Å²) in [5, 5.41) is 26.3. The number of halogens is 7. The topological polar surface area (TPSA) is 393 Å².